The van der Waals surface area contributed by atoms with Crippen molar-refractivity contribution in [1.82, 2.24) is 20.0 Å². The lowest BCUT2D eigenvalue weighted by atomic mass is 10.2. The summed E-state index contributed by atoms with van der Waals surface area (Å²) in [5.41, 5.74) is 2.39. The van der Waals surface area contributed by atoms with Crippen LogP contribution in [0.25, 0.3) is 0 Å². The third-order valence-corrected chi connectivity index (χ3v) is 4.15. The molecule has 2 heterocycles. The molecule has 0 saturated carbocycles. The van der Waals surface area contributed by atoms with Gasteiger partial charge < -0.3 is 15.0 Å². The summed E-state index contributed by atoms with van der Waals surface area (Å²) in [5.74, 6) is 1.18. The zero-order chi connectivity index (χ0) is 15.4. The quantitative estimate of drug-likeness (QED) is 0.833. The molecule has 2 rings (SSSR count). The van der Waals surface area contributed by atoms with Crippen molar-refractivity contribution in [3.05, 3.63) is 11.3 Å². The van der Waals surface area contributed by atoms with E-state index in [2.05, 4.69) is 48.2 Å². The van der Waals surface area contributed by atoms with Crippen LogP contribution in [0.4, 0.5) is 5.82 Å². The molecule has 120 valence electrons. The highest BCUT2D eigenvalue weighted by Gasteiger charge is 2.18. The molecule has 0 spiro atoms. The Labute approximate surface area is 128 Å². The van der Waals surface area contributed by atoms with Crippen molar-refractivity contribution in [3.63, 3.8) is 0 Å². The van der Waals surface area contributed by atoms with E-state index in [0.29, 0.717) is 6.04 Å². The number of anilines is 1. The first-order valence-corrected chi connectivity index (χ1v) is 7.73. The number of ether oxygens (including phenoxy) is 1. The van der Waals surface area contributed by atoms with Gasteiger partial charge >= 0.3 is 0 Å². The summed E-state index contributed by atoms with van der Waals surface area (Å²) < 4.78 is 7.36. The van der Waals surface area contributed by atoms with Crippen LogP contribution in [0.2, 0.25) is 0 Å². The van der Waals surface area contributed by atoms with E-state index in [-0.39, 0.29) is 0 Å². The van der Waals surface area contributed by atoms with Crippen LogP contribution >= 0.6 is 0 Å². The number of nitrogens with zero attached hydrogens (tertiary/aromatic N) is 4. The van der Waals surface area contributed by atoms with Gasteiger partial charge in [-0.05, 0) is 13.8 Å². The maximum absolute atomic E-state index is 5.41. The van der Waals surface area contributed by atoms with E-state index in [9.17, 15) is 0 Å². The fraction of sp³-hybridized carbons (Fsp3) is 0.800. The van der Waals surface area contributed by atoms with Crippen molar-refractivity contribution < 1.29 is 4.74 Å². The highest BCUT2D eigenvalue weighted by molar-refractivity contribution is 5.48. The summed E-state index contributed by atoms with van der Waals surface area (Å²) in [6, 6.07) is 0.536. The van der Waals surface area contributed by atoms with E-state index >= 15 is 0 Å². The number of nitrogens with one attached hydrogen (secondary N) is 1. The molecule has 0 aliphatic carbocycles. The van der Waals surface area contributed by atoms with Crippen LogP contribution in [-0.2, 0) is 18.3 Å². The number of hydrogen-bond donors (Lipinski definition) is 1. The predicted molar refractivity (Wildman–Crippen MR) is 85.8 cm³/mol. The van der Waals surface area contributed by atoms with Gasteiger partial charge in [0.05, 0.1) is 18.9 Å². The van der Waals surface area contributed by atoms with Crippen LogP contribution in [0.15, 0.2) is 0 Å². The Bertz CT molecular complexity index is 451. The zero-order valence-corrected chi connectivity index (χ0v) is 14.0. The predicted octanol–water partition coefficient (Wildman–Crippen LogP) is 0.605. The minimum atomic E-state index is 0.536. The van der Waals surface area contributed by atoms with Gasteiger partial charge in [-0.2, -0.15) is 5.10 Å². The van der Waals surface area contributed by atoms with Crippen LogP contribution in [0, 0.1) is 6.92 Å². The summed E-state index contributed by atoms with van der Waals surface area (Å²) in [7, 11) is 6.13. The van der Waals surface area contributed by atoms with Crippen LogP contribution < -0.4 is 10.2 Å². The summed E-state index contributed by atoms with van der Waals surface area (Å²) in [6.07, 6.45) is 0. The number of aryl methyl sites for hydroxylation is 2. The second-order valence-electron chi connectivity index (χ2n) is 6.03. The topological polar surface area (TPSA) is 45.6 Å². The first-order valence-electron chi connectivity index (χ1n) is 7.73. The second-order valence-corrected chi connectivity index (χ2v) is 6.03. The minimum absolute atomic E-state index is 0.536. The highest BCUT2D eigenvalue weighted by Crippen LogP contribution is 2.20. The number of morpholine rings is 1. The van der Waals surface area contributed by atoms with Crippen molar-refractivity contribution >= 4 is 5.82 Å². The molecule has 6 heteroatoms. The Hall–Kier alpha value is -1.11. The van der Waals surface area contributed by atoms with Crippen LogP contribution in [0.5, 0.6) is 0 Å². The van der Waals surface area contributed by atoms with Crippen molar-refractivity contribution in [2.45, 2.75) is 26.4 Å². The molecule has 1 fully saturated rings. The SMILES string of the molecule is Cc1nn(C)c(N(C)C)c1CNC[C@@H](C)N1CCOCC1. The Morgan fingerprint density at radius 3 is 2.62 bits per heavy atom. The van der Waals surface area contributed by atoms with Gasteiger partial charge in [0.1, 0.15) is 5.82 Å². The molecule has 1 aromatic rings. The van der Waals surface area contributed by atoms with Gasteiger partial charge in [-0.15, -0.1) is 0 Å². The van der Waals surface area contributed by atoms with Gasteiger partial charge in [0.2, 0.25) is 0 Å². The lowest BCUT2D eigenvalue weighted by Crippen LogP contribution is -2.46. The smallest absolute Gasteiger partial charge is 0.130 e. The van der Waals surface area contributed by atoms with E-state index in [0.717, 1.165) is 45.1 Å². The molecule has 0 aromatic carbocycles. The molecule has 21 heavy (non-hydrogen) atoms. The van der Waals surface area contributed by atoms with Crippen molar-refractivity contribution in [2.75, 3.05) is 51.8 Å². The van der Waals surface area contributed by atoms with Gasteiger partial charge in [0, 0.05) is 58.9 Å². The fourth-order valence-corrected chi connectivity index (χ4v) is 3.01. The molecule has 0 radical (unpaired) electrons. The lowest BCUT2D eigenvalue weighted by molar-refractivity contribution is 0.0203. The van der Waals surface area contributed by atoms with Crippen LogP contribution in [0.3, 0.4) is 0 Å². The van der Waals surface area contributed by atoms with Crippen molar-refractivity contribution in [3.8, 4) is 0 Å². The maximum atomic E-state index is 5.41. The molecule has 1 N–H and O–H groups in total. The van der Waals surface area contributed by atoms with Crippen LogP contribution in [0.1, 0.15) is 18.2 Å². The van der Waals surface area contributed by atoms with Gasteiger partial charge in [0.15, 0.2) is 0 Å². The molecule has 1 aromatic heterocycles. The second kappa shape index (κ2) is 7.24. The fourth-order valence-electron chi connectivity index (χ4n) is 3.01. The number of hydrogen-bond acceptors (Lipinski definition) is 5. The zero-order valence-electron chi connectivity index (χ0n) is 14.0. The van der Waals surface area contributed by atoms with E-state index in [4.69, 9.17) is 4.74 Å². The summed E-state index contributed by atoms with van der Waals surface area (Å²) >= 11 is 0. The Morgan fingerprint density at radius 2 is 2.00 bits per heavy atom. The third kappa shape index (κ3) is 3.96. The third-order valence-electron chi connectivity index (χ3n) is 4.15. The molecule has 1 atom stereocenters. The average molecular weight is 295 g/mol. The van der Waals surface area contributed by atoms with Crippen molar-refractivity contribution in [1.29, 1.82) is 0 Å². The molecule has 0 amide bonds. The van der Waals surface area contributed by atoms with Gasteiger partial charge in [-0.1, -0.05) is 0 Å². The van der Waals surface area contributed by atoms with Crippen LogP contribution in [-0.4, -0.2) is 67.7 Å². The first-order chi connectivity index (χ1) is 10.0. The van der Waals surface area contributed by atoms with E-state index < -0.39 is 0 Å². The summed E-state index contributed by atoms with van der Waals surface area (Å²) in [5, 5.41) is 8.11. The first kappa shape index (κ1) is 16.3. The largest absolute Gasteiger partial charge is 0.379 e. The molecule has 1 aliphatic heterocycles. The van der Waals surface area contributed by atoms with Crippen molar-refractivity contribution in [2.24, 2.45) is 7.05 Å². The van der Waals surface area contributed by atoms with E-state index in [1.807, 2.05) is 11.7 Å². The monoisotopic (exact) mass is 295 g/mol. The van der Waals surface area contributed by atoms with Gasteiger partial charge in [-0.3, -0.25) is 9.58 Å². The molecular formula is C15H29N5O. The Morgan fingerprint density at radius 1 is 1.33 bits per heavy atom. The number of rotatable bonds is 6. The normalized spacial score (nSPS) is 18.0. The molecule has 1 saturated heterocycles. The molecule has 1 aliphatic rings. The number of aromatic nitrogens is 2. The maximum Gasteiger partial charge on any atom is 0.130 e. The summed E-state index contributed by atoms with van der Waals surface area (Å²) in [4.78, 5) is 4.61. The molecule has 6 nitrogen and oxygen atoms in total. The summed E-state index contributed by atoms with van der Waals surface area (Å²) in [6.45, 7) is 10.0. The Kier molecular flexibility index (Phi) is 5.61. The highest BCUT2D eigenvalue weighted by atomic mass is 16.5. The molecule has 0 bridgehead atoms. The minimum Gasteiger partial charge on any atom is -0.379 e. The van der Waals surface area contributed by atoms with E-state index in [1.54, 1.807) is 0 Å². The average Bonchev–Trinajstić information content (AvgIpc) is 2.74. The van der Waals surface area contributed by atoms with Gasteiger partial charge in [0.25, 0.3) is 0 Å². The Balaban J connectivity index is 1.88. The van der Waals surface area contributed by atoms with E-state index in [1.165, 1.54) is 11.4 Å². The molecule has 0 unspecified atom stereocenters. The lowest BCUT2D eigenvalue weighted by Gasteiger charge is -2.32. The standard InChI is InChI=1S/C15H29N5O/c1-12(20-6-8-21-9-7-20)10-16-11-14-13(2)17-19(5)15(14)18(3)4/h12,16H,6-11H2,1-5H3/t12-/m1/s1. The van der Waals surface area contributed by atoms with Gasteiger partial charge in [-0.25, -0.2) is 0 Å². The molecular weight excluding hydrogens is 266 g/mol.